The van der Waals surface area contributed by atoms with Crippen LogP contribution < -0.4 is 0 Å². The maximum Gasteiger partial charge on any atom is 0.0948 e. The van der Waals surface area contributed by atoms with Crippen molar-refractivity contribution in [2.75, 3.05) is 0 Å². The van der Waals surface area contributed by atoms with Gasteiger partial charge in [0.1, 0.15) is 0 Å². The zero-order valence-corrected chi connectivity index (χ0v) is 12.7. The van der Waals surface area contributed by atoms with Crippen LogP contribution in [0.1, 0.15) is 18.9 Å². The van der Waals surface area contributed by atoms with Crippen LogP contribution in [-0.2, 0) is 6.42 Å². The van der Waals surface area contributed by atoms with E-state index in [2.05, 4.69) is 27.0 Å². The molecule has 0 radical (unpaired) electrons. The Morgan fingerprint density at radius 1 is 1.39 bits per heavy atom. The second-order valence-corrected chi connectivity index (χ2v) is 6.58. The fourth-order valence-electron chi connectivity index (χ4n) is 1.60. The van der Waals surface area contributed by atoms with Crippen LogP contribution in [0.5, 0.6) is 0 Å². The molecule has 0 spiro atoms. The molecule has 1 aromatic carbocycles. The summed E-state index contributed by atoms with van der Waals surface area (Å²) in [7, 11) is 0. The zero-order valence-electron chi connectivity index (χ0n) is 10.3. The van der Waals surface area contributed by atoms with E-state index < -0.39 is 0 Å². The number of nitriles is 1. The van der Waals surface area contributed by atoms with Crippen LogP contribution in [0.2, 0.25) is 0 Å². The van der Waals surface area contributed by atoms with E-state index in [4.69, 9.17) is 5.26 Å². The van der Waals surface area contributed by atoms with Gasteiger partial charge in [-0.3, -0.25) is 0 Å². The Labute approximate surface area is 119 Å². The van der Waals surface area contributed by atoms with Crippen molar-refractivity contribution in [3.05, 3.63) is 39.1 Å². The highest BCUT2D eigenvalue weighted by atomic mass is 79.9. The monoisotopic (exact) mass is 320 g/mol. The van der Waals surface area contributed by atoms with E-state index in [1.54, 1.807) is 11.3 Å². The van der Waals surface area contributed by atoms with E-state index in [0.29, 0.717) is 6.42 Å². The Morgan fingerprint density at radius 2 is 2.11 bits per heavy atom. The molecule has 1 heterocycles. The van der Waals surface area contributed by atoms with Crippen LogP contribution >= 0.6 is 27.3 Å². The highest BCUT2D eigenvalue weighted by molar-refractivity contribution is 9.10. The molecule has 0 saturated carbocycles. The fraction of sp³-hybridized carbons (Fsp3) is 0.286. The largest absolute Gasteiger partial charge is 0.241 e. The molecule has 0 fully saturated rings. The molecule has 2 rings (SSSR count). The van der Waals surface area contributed by atoms with Crippen molar-refractivity contribution in [2.24, 2.45) is 5.41 Å². The third-order valence-corrected chi connectivity index (χ3v) is 4.14. The first-order valence-electron chi connectivity index (χ1n) is 5.62. The molecular formula is C14H13BrN2S. The van der Waals surface area contributed by atoms with Gasteiger partial charge >= 0.3 is 0 Å². The molecule has 0 aliphatic heterocycles. The first-order valence-corrected chi connectivity index (χ1v) is 7.30. The number of hydrogen-bond donors (Lipinski definition) is 0. The molecule has 4 heteroatoms. The minimum Gasteiger partial charge on any atom is -0.241 e. The molecule has 0 aliphatic rings. The van der Waals surface area contributed by atoms with Gasteiger partial charge in [-0.1, -0.05) is 34.1 Å². The summed E-state index contributed by atoms with van der Waals surface area (Å²) < 4.78 is 1.04. The van der Waals surface area contributed by atoms with Gasteiger partial charge in [0.05, 0.1) is 22.2 Å². The number of aromatic nitrogens is 1. The molecule has 2 aromatic rings. The fourth-order valence-corrected chi connectivity index (χ4v) is 3.11. The average Bonchev–Trinajstić information content (AvgIpc) is 2.77. The Morgan fingerprint density at radius 3 is 2.78 bits per heavy atom. The summed E-state index contributed by atoms with van der Waals surface area (Å²) in [6.45, 7) is 3.87. The standard InChI is InChI=1S/C14H13BrN2S/c1-14(2,9-16)7-13-17-12(8-18-13)10-5-3-4-6-11(10)15/h3-6,8H,7H2,1-2H3. The number of nitrogens with zero attached hydrogens (tertiary/aromatic N) is 2. The van der Waals surface area contributed by atoms with E-state index >= 15 is 0 Å². The summed E-state index contributed by atoms with van der Waals surface area (Å²) >= 11 is 5.14. The summed E-state index contributed by atoms with van der Waals surface area (Å²) in [5.41, 5.74) is 1.70. The maximum absolute atomic E-state index is 9.04. The second kappa shape index (κ2) is 5.21. The molecule has 0 unspecified atom stereocenters. The molecule has 0 aliphatic carbocycles. The summed E-state index contributed by atoms with van der Waals surface area (Å²) in [6.07, 6.45) is 0.693. The molecule has 0 bridgehead atoms. The van der Waals surface area contributed by atoms with Crippen LogP contribution in [0.25, 0.3) is 11.3 Å². The van der Waals surface area contributed by atoms with Gasteiger partial charge < -0.3 is 0 Å². The molecular weight excluding hydrogens is 308 g/mol. The molecule has 0 N–H and O–H groups in total. The Hall–Kier alpha value is -1.18. The van der Waals surface area contributed by atoms with Crippen LogP contribution in [0.4, 0.5) is 0 Å². The lowest BCUT2D eigenvalue weighted by molar-refractivity contribution is 0.492. The molecule has 1 aromatic heterocycles. The van der Waals surface area contributed by atoms with Crippen molar-refractivity contribution in [1.82, 2.24) is 4.98 Å². The van der Waals surface area contributed by atoms with Gasteiger partial charge in [0.2, 0.25) is 0 Å². The molecule has 92 valence electrons. The van der Waals surface area contributed by atoms with Crippen molar-refractivity contribution < 1.29 is 0 Å². The number of hydrogen-bond acceptors (Lipinski definition) is 3. The smallest absolute Gasteiger partial charge is 0.0948 e. The number of benzene rings is 1. The lowest BCUT2D eigenvalue weighted by Crippen LogP contribution is -2.11. The van der Waals surface area contributed by atoms with Crippen LogP contribution in [0, 0.1) is 16.7 Å². The van der Waals surface area contributed by atoms with Gasteiger partial charge in [-0.05, 0) is 19.9 Å². The van der Waals surface area contributed by atoms with Crippen molar-refractivity contribution >= 4 is 27.3 Å². The van der Waals surface area contributed by atoms with Crippen LogP contribution in [-0.4, -0.2) is 4.98 Å². The van der Waals surface area contributed by atoms with E-state index in [1.807, 2.05) is 43.5 Å². The molecule has 18 heavy (non-hydrogen) atoms. The first-order chi connectivity index (χ1) is 8.52. The number of rotatable bonds is 3. The number of thiazole rings is 1. The average molecular weight is 321 g/mol. The first kappa shape index (κ1) is 13.3. The van der Waals surface area contributed by atoms with Gasteiger partial charge in [0, 0.05) is 21.8 Å². The Bertz CT molecular complexity index is 596. The van der Waals surface area contributed by atoms with Crippen molar-refractivity contribution in [3.8, 4) is 17.3 Å². The predicted octanol–water partition coefficient (Wildman–Crippen LogP) is 4.66. The van der Waals surface area contributed by atoms with Crippen LogP contribution in [0.15, 0.2) is 34.1 Å². The van der Waals surface area contributed by atoms with Gasteiger partial charge in [-0.15, -0.1) is 11.3 Å². The van der Waals surface area contributed by atoms with Crippen LogP contribution in [0.3, 0.4) is 0 Å². The van der Waals surface area contributed by atoms with Crippen molar-refractivity contribution in [3.63, 3.8) is 0 Å². The Balaban J connectivity index is 2.27. The highest BCUT2D eigenvalue weighted by Crippen LogP contribution is 2.31. The quantitative estimate of drug-likeness (QED) is 0.824. The van der Waals surface area contributed by atoms with E-state index in [-0.39, 0.29) is 5.41 Å². The molecule has 2 nitrogen and oxygen atoms in total. The lowest BCUT2D eigenvalue weighted by atomic mass is 9.92. The van der Waals surface area contributed by atoms with E-state index in [1.165, 1.54) is 0 Å². The summed E-state index contributed by atoms with van der Waals surface area (Å²) in [5, 5.41) is 12.1. The Kier molecular flexibility index (Phi) is 3.84. The van der Waals surface area contributed by atoms with Gasteiger partial charge in [0.15, 0.2) is 0 Å². The van der Waals surface area contributed by atoms with Gasteiger partial charge in [0.25, 0.3) is 0 Å². The minimum absolute atomic E-state index is 0.358. The molecule has 0 saturated heterocycles. The normalized spacial score (nSPS) is 11.2. The maximum atomic E-state index is 9.04. The number of halogens is 1. The summed E-state index contributed by atoms with van der Waals surface area (Å²) in [4.78, 5) is 4.61. The van der Waals surface area contributed by atoms with E-state index in [9.17, 15) is 0 Å². The minimum atomic E-state index is -0.358. The zero-order chi connectivity index (χ0) is 13.2. The van der Waals surface area contributed by atoms with Gasteiger partial charge in [-0.25, -0.2) is 4.98 Å². The summed E-state index contributed by atoms with van der Waals surface area (Å²) in [6, 6.07) is 10.3. The third-order valence-electron chi connectivity index (χ3n) is 2.60. The second-order valence-electron chi connectivity index (χ2n) is 4.78. The molecule has 0 atom stereocenters. The lowest BCUT2D eigenvalue weighted by Gasteiger charge is -2.11. The van der Waals surface area contributed by atoms with Gasteiger partial charge in [-0.2, -0.15) is 5.26 Å². The highest BCUT2D eigenvalue weighted by Gasteiger charge is 2.19. The van der Waals surface area contributed by atoms with Crippen molar-refractivity contribution in [2.45, 2.75) is 20.3 Å². The van der Waals surface area contributed by atoms with E-state index in [0.717, 1.165) is 20.7 Å². The predicted molar refractivity (Wildman–Crippen MR) is 78.3 cm³/mol. The van der Waals surface area contributed by atoms with Crippen molar-refractivity contribution in [1.29, 1.82) is 5.26 Å². The summed E-state index contributed by atoms with van der Waals surface area (Å²) in [5.74, 6) is 0. The molecule has 0 amide bonds. The third kappa shape index (κ3) is 2.98. The topological polar surface area (TPSA) is 36.7 Å². The SMILES string of the molecule is CC(C)(C#N)Cc1nc(-c2ccccc2Br)cs1.